The van der Waals surface area contributed by atoms with Crippen LogP contribution in [-0.2, 0) is 11.3 Å². The second-order valence-electron chi connectivity index (χ2n) is 6.32. The van der Waals surface area contributed by atoms with Crippen molar-refractivity contribution in [2.45, 2.75) is 32.4 Å². The molecule has 26 heavy (non-hydrogen) atoms. The van der Waals surface area contributed by atoms with Crippen LogP contribution in [0.4, 0.5) is 17.2 Å². The number of fused-ring (bicyclic) bond motifs is 1. The standard InChI is InChI=1S/C19H21N5O2/c1-3-24-18-13(11-21-24)4-7-16(19(18)26-2)22-14-8-9-20-17(10-14)23(12-25)15-5-6-15/h4,7-12,15H,3,5-6H2,1-2H3,(H,20,22). The lowest BCUT2D eigenvalue weighted by Gasteiger charge is -2.17. The maximum Gasteiger partial charge on any atom is 0.215 e. The van der Waals surface area contributed by atoms with Crippen molar-refractivity contribution >= 4 is 34.5 Å². The number of carbonyl (C=O) groups excluding carboxylic acids is 1. The minimum absolute atomic E-state index is 0.278. The van der Waals surface area contributed by atoms with E-state index in [2.05, 4.69) is 15.4 Å². The SMILES string of the molecule is CCn1ncc2ccc(Nc3ccnc(N(C=O)C4CC4)c3)c(OC)c21. The van der Waals surface area contributed by atoms with Crippen LogP contribution in [0, 0.1) is 0 Å². The van der Waals surface area contributed by atoms with Crippen molar-refractivity contribution in [3.05, 3.63) is 36.7 Å². The third-order valence-electron chi connectivity index (χ3n) is 4.60. The van der Waals surface area contributed by atoms with Gasteiger partial charge in [-0.25, -0.2) is 4.98 Å². The van der Waals surface area contributed by atoms with E-state index in [1.54, 1.807) is 18.2 Å². The van der Waals surface area contributed by atoms with Crippen LogP contribution >= 0.6 is 0 Å². The number of anilines is 3. The molecule has 1 aliphatic carbocycles. The number of methoxy groups -OCH3 is 1. The molecule has 1 fully saturated rings. The molecule has 2 heterocycles. The minimum Gasteiger partial charge on any atom is -0.492 e. The number of hydrogen-bond acceptors (Lipinski definition) is 5. The normalized spacial score (nSPS) is 13.6. The Morgan fingerprint density at radius 2 is 2.23 bits per heavy atom. The van der Waals surface area contributed by atoms with E-state index in [0.29, 0.717) is 5.82 Å². The smallest absolute Gasteiger partial charge is 0.215 e. The second kappa shape index (κ2) is 6.67. The number of nitrogens with zero attached hydrogens (tertiary/aromatic N) is 4. The third-order valence-corrected chi connectivity index (χ3v) is 4.60. The molecule has 1 aromatic carbocycles. The van der Waals surface area contributed by atoms with Crippen LogP contribution < -0.4 is 15.0 Å². The highest BCUT2D eigenvalue weighted by Crippen LogP contribution is 2.36. The lowest BCUT2D eigenvalue weighted by atomic mass is 10.2. The molecule has 1 N–H and O–H groups in total. The van der Waals surface area contributed by atoms with Crippen LogP contribution in [0.15, 0.2) is 36.7 Å². The van der Waals surface area contributed by atoms with E-state index in [-0.39, 0.29) is 6.04 Å². The molecule has 0 spiro atoms. The maximum absolute atomic E-state index is 11.4. The number of ether oxygens (including phenoxy) is 1. The minimum atomic E-state index is 0.278. The van der Waals surface area contributed by atoms with Crippen molar-refractivity contribution in [3.8, 4) is 5.75 Å². The molecule has 0 saturated heterocycles. The molecule has 7 heteroatoms. The van der Waals surface area contributed by atoms with Crippen LogP contribution in [0.1, 0.15) is 19.8 Å². The van der Waals surface area contributed by atoms with E-state index < -0.39 is 0 Å². The molecule has 0 radical (unpaired) electrons. The molecule has 1 aliphatic rings. The van der Waals surface area contributed by atoms with Gasteiger partial charge >= 0.3 is 0 Å². The molecular weight excluding hydrogens is 330 g/mol. The fraction of sp³-hybridized carbons (Fsp3) is 0.316. The number of hydrogen-bond donors (Lipinski definition) is 1. The first-order valence-corrected chi connectivity index (χ1v) is 8.74. The lowest BCUT2D eigenvalue weighted by Crippen LogP contribution is -2.24. The van der Waals surface area contributed by atoms with Crippen molar-refractivity contribution in [1.82, 2.24) is 14.8 Å². The molecule has 4 rings (SSSR count). The zero-order valence-electron chi connectivity index (χ0n) is 14.8. The number of aromatic nitrogens is 3. The fourth-order valence-electron chi connectivity index (χ4n) is 3.16. The summed E-state index contributed by atoms with van der Waals surface area (Å²) in [5, 5.41) is 8.82. The summed E-state index contributed by atoms with van der Waals surface area (Å²) in [5.74, 6) is 1.40. The van der Waals surface area contributed by atoms with Gasteiger partial charge < -0.3 is 10.1 Å². The van der Waals surface area contributed by atoms with E-state index in [0.717, 1.165) is 53.8 Å². The molecule has 0 atom stereocenters. The first kappa shape index (κ1) is 16.4. The van der Waals surface area contributed by atoms with Crippen LogP contribution in [0.5, 0.6) is 5.75 Å². The van der Waals surface area contributed by atoms with E-state index in [1.807, 2.05) is 42.1 Å². The Morgan fingerprint density at radius 3 is 2.92 bits per heavy atom. The van der Waals surface area contributed by atoms with Crippen molar-refractivity contribution in [1.29, 1.82) is 0 Å². The van der Waals surface area contributed by atoms with Gasteiger partial charge in [0.1, 0.15) is 11.3 Å². The summed E-state index contributed by atoms with van der Waals surface area (Å²) in [6.45, 7) is 2.81. The largest absolute Gasteiger partial charge is 0.492 e. The van der Waals surface area contributed by atoms with Gasteiger partial charge in [0.25, 0.3) is 0 Å². The molecule has 1 saturated carbocycles. The average molecular weight is 351 g/mol. The zero-order valence-corrected chi connectivity index (χ0v) is 14.8. The third kappa shape index (κ3) is 2.85. The molecule has 134 valence electrons. The number of amides is 1. The highest BCUT2D eigenvalue weighted by molar-refractivity contribution is 5.91. The Hall–Kier alpha value is -3.09. The molecule has 0 unspecified atom stereocenters. The van der Waals surface area contributed by atoms with Crippen LogP contribution in [0.2, 0.25) is 0 Å². The second-order valence-corrected chi connectivity index (χ2v) is 6.32. The van der Waals surface area contributed by atoms with Gasteiger partial charge in [-0.3, -0.25) is 14.4 Å². The van der Waals surface area contributed by atoms with Crippen molar-refractivity contribution in [2.75, 3.05) is 17.3 Å². The topological polar surface area (TPSA) is 72.3 Å². The van der Waals surface area contributed by atoms with Gasteiger partial charge in [0.2, 0.25) is 6.41 Å². The van der Waals surface area contributed by atoms with Crippen LogP contribution in [-0.4, -0.2) is 34.3 Å². The first-order valence-electron chi connectivity index (χ1n) is 8.74. The molecule has 2 aromatic heterocycles. The van der Waals surface area contributed by atoms with Gasteiger partial charge in [0.15, 0.2) is 5.75 Å². The Kier molecular flexibility index (Phi) is 4.20. The predicted molar refractivity (Wildman–Crippen MR) is 101 cm³/mol. The molecular formula is C19H21N5O2. The summed E-state index contributed by atoms with van der Waals surface area (Å²) in [4.78, 5) is 17.4. The summed E-state index contributed by atoms with van der Waals surface area (Å²) >= 11 is 0. The van der Waals surface area contributed by atoms with Crippen molar-refractivity contribution < 1.29 is 9.53 Å². The molecule has 0 aliphatic heterocycles. The molecule has 3 aromatic rings. The average Bonchev–Trinajstić information content (AvgIpc) is 3.41. The Bertz CT molecular complexity index is 948. The van der Waals surface area contributed by atoms with Crippen molar-refractivity contribution in [3.63, 3.8) is 0 Å². The first-order chi connectivity index (χ1) is 12.7. The van der Waals surface area contributed by atoms with Crippen LogP contribution in [0.3, 0.4) is 0 Å². The summed E-state index contributed by atoms with van der Waals surface area (Å²) in [6, 6.07) is 8.03. The number of pyridine rings is 1. The summed E-state index contributed by atoms with van der Waals surface area (Å²) in [5.41, 5.74) is 2.65. The summed E-state index contributed by atoms with van der Waals surface area (Å²) < 4.78 is 7.59. The number of nitrogens with one attached hydrogen (secondary N) is 1. The predicted octanol–water partition coefficient (Wildman–Crippen LogP) is 3.33. The van der Waals surface area contributed by atoms with Crippen molar-refractivity contribution in [2.24, 2.45) is 0 Å². The van der Waals surface area contributed by atoms with Gasteiger partial charge in [0.05, 0.1) is 19.0 Å². The lowest BCUT2D eigenvalue weighted by molar-refractivity contribution is -0.107. The highest BCUT2D eigenvalue weighted by atomic mass is 16.5. The van der Waals surface area contributed by atoms with Crippen LogP contribution in [0.25, 0.3) is 10.9 Å². The van der Waals surface area contributed by atoms with E-state index >= 15 is 0 Å². The maximum atomic E-state index is 11.4. The Balaban J connectivity index is 1.70. The molecule has 0 bridgehead atoms. The number of rotatable bonds is 7. The quantitative estimate of drug-likeness (QED) is 0.661. The molecule has 1 amide bonds. The summed E-state index contributed by atoms with van der Waals surface area (Å²) in [6.07, 6.45) is 6.47. The molecule has 7 nitrogen and oxygen atoms in total. The van der Waals surface area contributed by atoms with Gasteiger partial charge in [-0.1, -0.05) is 0 Å². The van der Waals surface area contributed by atoms with E-state index in [1.165, 1.54) is 0 Å². The summed E-state index contributed by atoms with van der Waals surface area (Å²) in [7, 11) is 1.66. The van der Waals surface area contributed by atoms with E-state index in [9.17, 15) is 4.79 Å². The van der Waals surface area contributed by atoms with Gasteiger partial charge in [-0.15, -0.1) is 0 Å². The van der Waals surface area contributed by atoms with E-state index in [4.69, 9.17) is 4.74 Å². The Morgan fingerprint density at radius 1 is 1.38 bits per heavy atom. The zero-order chi connectivity index (χ0) is 18.1. The van der Waals surface area contributed by atoms with Gasteiger partial charge in [-0.2, -0.15) is 5.10 Å². The number of carbonyl (C=O) groups is 1. The monoisotopic (exact) mass is 351 g/mol. The highest BCUT2D eigenvalue weighted by Gasteiger charge is 2.30. The van der Waals surface area contributed by atoms with Gasteiger partial charge in [-0.05, 0) is 38.0 Å². The van der Waals surface area contributed by atoms with Gasteiger partial charge in [0, 0.05) is 35.9 Å². The number of benzene rings is 1. The fourth-order valence-corrected chi connectivity index (χ4v) is 3.16. The number of aryl methyl sites for hydroxylation is 1. The Labute approximate surface area is 151 Å².